The Bertz CT molecular complexity index is 447. The zero-order valence-corrected chi connectivity index (χ0v) is 10.0. The van der Waals surface area contributed by atoms with E-state index >= 15 is 0 Å². The van der Waals surface area contributed by atoms with Crippen LogP contribution in [0.4, 0.5) is 8.78 Å². The van der Waals surface area contributed by atoms with Crippen LogP contribution in [0, 0.1) is 0 Å². The van der Waals surface area contributed by atoms with Crippen LogP contribution in [-0.4, -0.2) is 37.7 Å². The zero-order valence-electron chi connectivity index (χ0n) is 8.45. The summed E-state index contributed by atoms with van der Waals surface area (Å²) in [6, 6.07) is 1.32. The van der Waals surface area contributed by atoms with Crippen LogP contribution < -0.4 is 0 Å². The molecule has 1 rings (SSSR count). The number of aromatic nitrogens is 1. The number of hydrogen-bond donors (Lipinski definition) is 1. The van der Waals surface area contributed by atoms with E-state index in [-0.39, 0.29) is 10.8 Å². The molecule has 0 amide bonds. The van der Waals surface area contributed by atoms with Crippen LogP contribution in [0.2, 0.25) is 0 Å². The molecule has 8 heteroatoms. The minimum absolute atomic E-state index is 0.0636. The summed E-state index contributed by atoms with van der Waals surface area (Å²) < 4.78 is 48.2. The van der Waals surface area contributed by atoms with Crippen molar-refractivity contribution in [3.05, 3.63) is 18.0 Å². The van der Waals surface area contributed by atoms with E-state index in [1.165, 1.54) is 12.3 Å². The van der Waals surface area contributed by atoms with Crippen LogP contribution >= 0.6 is 11.6 Å². The van der Waals surface area contributed by atoms with E-state index in [0.29, 0.717) is 10.00 Å². The van der Waals surface area contributed by atoms with E-state index in [1.54, 1.807) is 0 Å². The molecule has 0 unspecified atom stereocenters. The van der Waals surface area contributed by atoms with Gasteiger partial charge in [0.05, 0.1) is 17.3 Å². The summed E-state index contributed by atoms with van der Waals surface area (Å²) >= 11 is 5.49. The number of sulfonamides is 1. The summed E-state index contributed by atoms with van der Waals surface area (Å²) in [5, 5.41) is 0. The van der Waals surface area contributed by atoms with E-state index < -0.39 is 23.0 Å². The molecule has 0 saturated heterocycles. The highest BCUT2D eigenvalue weighted by molar-refractivity contribution is 7.89. The van der Waals surface area contributed by atoms with E-state index in [4.69, 9.17) is 11.6 Å². The average molecular weight is 273 g/mol. The third-order valence-electron chi connectivity index (χ3n) is 1.96. The van der Waals surface area contributed by atoms with Crippen molar-refractivity contribution >= 4 is 21.6 Å². The van der Waals surface area contributed by atoms with Gasteiger partial charge in [0, 0.05) is 18.9 Å². The van der Waals surface area contributed by atoms with Gasteiger partial charge in [-0.25, -0.2) is 17.2 Å². The second-order valence-corrected chi connectivity index (χ2v) is 5.48. The molecule has 0 spiro atoms. The molecule has 0 bridgehead atoms. The summed E-state index contributed by atoms with van der Waals surface area (Å²) in [6.45, 7) is -0.830. The molecule has 0 aliphatic carbocycles. The van der Waals surface area contributed by atoms with Crippen LogP contribution in [0.15, 0.2) is 17.2 Å². The molecule has 1 heterocycles. The highest BCUT2D eigenvalue weighted by atomic mass is 35.5. The topological polar surface area (TPSA) is 53.2 Å². The van der Waals surface area contributed by atoms with Crippen molar-refractivity contribution < 1.29 is 17.2 Å². The highest BCUT2D eigenvalue weighted by Gasteiger charge is 2.24. The van der Waals surface area contributed by atoms with Gasteiger partial charge in [0.15, 0.2) is 0 Å². The van der Waals surface area contributed by atoms with Crippen LogP contribution in [0.25, 0.3) is 0 Å². The van der Waals surface area contributed by atoms with Crippen LogP contribution in [0.5, 0.6) is 0 Å². The Hall–Kier alpha value is -0.660. The number of alkyl halides is 3. The average Bonchev–Trinajstić information content (AvgIpc) is 2.65. The first-order valence-corrected chi connectivity index (χ1v) is 6.33. The zero-order chi connectivity index (χ0) is 12.3. The molecule has 1 aromatic heterocycles. The van der Waals surface area contributed by atoms with E-state index in [2.05, 4.69) is 4.98 Å². The molecule has 0 atom stereocenters. The van der Waals surface area contributed by atoms with E-state index in [0.717, 1.165) is 7.05 Å². The van der Waals surface area contributed by atoms with Gasteiger partial charge >= 0.3 is 0 Å². The Morgan fingerprint density at radius 2 is 2.19 bits per heavy atom. The van der Waals surface area contributed by atoms with Crippen molar-refractivity contribution in [3.8, 4) is 0 Å². The maximum absolute atomic E-state index is 12.1. The summed E-state index contributed by atoms with van der Waals surface area (Å²) in [5.74, 6) is 0.133. The minimum Gasteiger partial charge on any atom is -0.363 e. The normalized spacial score (nSPS) is 12.6. The summed E-state index contributed by atoms with van der Waals surface area (Å²) in [7, 11) is -2.75. The summed E-state index contributed by atoms with van der Waals surface area (Å²) in [6.07, 6.45) is -1.47. The molecule has 92 valence electrons. The smallest absolute Gasteiger partial charge is 0.252 e. The largest absolute Gasteiger partial charge is 0.363 e. The second-order valence-electron chi connectivity index (χ2n) is 3.17. The van der Waals surface area contributed by atoms with Crippen molar-refractivity contribution in [1.82, 2.24) is 9.29 Å². The number of H-pyrrole nitrogens is 1. The van der Waals surface area contributed by atoms with Gasteiger partial charge in [-0.3, -0.25) is 0 Å². The number of nitrogens with one attached hydrogen (secondary N) is 1. The molecule has 0 aromatic carbocycles. The van der Waals surface area contributed by atoms with Crippen LogP contribution in [-0.2, 0) is 15.9 Å². The van der Waals surface area contributed by atoms with Gasteiger partial charge in [-0.05, 0) is 6.07 Å². The second kappa shape index (κ2) is 5.11. The van der Waals surface area contributed by atoms with Gasteiger partial charge in [0.1, 0.15) is 0 Å². The van der Waals surface area contributed by atoms with Crippen molar-refractivity contribution in [3.63, 3.8) is 0 Å². The quantitative estimate of drug-likeness (QED) is 0.829. The predicted molar refractivity (Wildman–Crippen MR) is 56.2 cm³/mol. The highest BCUT2D eigenvalue weighted by Crippen LogP contribution is 2.17. The molecule has 1 N–H and O–H groups in total. The fourth-order valence-electron chi connectivity index (χ4n) is 1.12. The molecular weight excluding hydrogens is 262 g/mol. The third kappa shape index (κ3) is 2.93. The molecule has 0 radical (unpaired) electrons. The minimum atomic E-state index is -3.86. The molecular formula is C8H11ClF2N2O2S. The number of rotatable bonds is 5. The molecule has 0 aliphatic heterocycles. The lowest BCUT2D eigenvalue weighted by Gasteiger charge is -2.15. The van der Waals surface area contributed by atoms with Gasteiger partial charge in [-0.1, -0.05) is 0 Å². The lowest BCUT2D eigenvalue weighted by Crippen LogP contribution is -2.31. The number of nitrogens with zero attached hydrogens (tertiary/aromatic N) is 1. The number of halogens is 3. The van der Waals surface area contributed by atoms with Gasteiger partial charge in [-0.15, -0.1) is 11.6 Å². The Balaban J connectivity index is 2.92. The predicted octanol–water partition coefficient (Wildman–Crippen LogP) is 1.64. The monoisotopic (exact) mass is 272 g/mol. The van der Waals surface area contributed by atoms with Crippen LogP contribution in [0.3, 0.4) is 0 Å². The SMILES string of the molecule is CN(CC(F)F)S(=O)(=O)c1c[nH]c(CCl)c1. The Kier molecular flexibility index (Phi) is 4.28. The standard InChI is InChI=1S/C8H11ClF2N2O2S/c1-13(5-8(10)11)16(14,15)7-2-6(3-9)12-4-7/h2,4,8,12H,3,5H2,1H3. The molecule has 1 aromatic rings. The Morgan fingerprint density at radius 3 is 2.62 bits per heavy atom. The molecule has 16 heavy (non-hydrogen) atoms. The van der Waals surface area contributed by atoms with Gasteiger partial charge in [0.2, 0.25) is 10.0 Å². The fraction of sp³-hybridized carbons (Fsp3) is 0.500. The first-order chi connectivity index (χ1) is 7.37. The van der Waals surface area contributed by atoms with Crippen LogP contribution in [0.1, 0.15) is 5.69 Å². The molecule has 0 fully saturated rings. The third-order valence-corrected chi connectivity index (χ3v) is 4.05. The van der Waals surface area contributed by atoms with E-state index in [1.807, 2.05) is 0 Å². The molecule has 0 aliphatic rings. The van der Waals surface area contributed by atoms with Gasteiger partial charge < -0.3 is 4.98 Å². The molecule has 0 saturated carbocycles. The summed E-state index contributed by atoms with van der Waals surface area (Å²) in [5.41, 5.74) is 0.519. The first kappa shape index (κ1) is 13.4. The maximum atomic E-state index is 12.1. The van der Waals surface area contributed by atoms with Crippen molar-refractivity contribution in [1.29, 1.82) is 0 Å². The first-order valence-electron chi connectivity index (χ1n) is 4.35. The van der Waals surface area contributed by atoms with Crippen molar-refractivity contribution in [2.24, 2.45) is 0 Å². The maximum Gasteiger partial charge on any atom is 0.252 e. The van der Waals surface area contributed by atoms with Crippen molar-refractivity contribution in [2.45, 2.75) is 17.2 Å². The van der Waals surface area contributed by atoms with E-state index in [9.17, 15) is 17.2 Å². The lowest BCUT2D eigenvalue weighted by molar-refractivity contribution is 0.126. The summed E-state index contributed by atoms with van der Waals surface area (Å²) in [4.78, 5) is 2.58. The fourth-order valence-corrected chi connectivity index (χ4v) is 2.44. The number of hydrogen-bond acceptors (Lipinski definition) is 2. The van der Waals surface area contributed by atoms with Gasteiger partial charge in [0.25, 0.3) is 6.43 Å². The van der Waals surface area contributed by atoms with Gasteiger partial charge in [-0.2, -0.15) is 4.31 Å². The Labute approximate surface area is 97.3 Å². The number of aromatic amines is 1. The molecule has 4 nitrogen and oxygen atoms in total. The van der Waals surface area contributed by atoms with Crippen molar-refractivity contribution in [2.75, 3.05) is 13.6 Å². The lowest BCUT2D eigenvalue weighted by atomic mass is 10.5. The Morgan fingerprint density at radius 1 is 1.56 bits per heavy atom.